The Morgan fingerprint density at radius 1 is 0.844 bits per heavy atom. The summed E-state index contributed by atoms with van der Waals surface area (Å²) in [7, 11) is -3.45. The summed E-state index contributed by atoms with van der Waals surface area (Å²) < 4.78 is 27.2. The van der Waals surface area contributed by atoms with Crippen LogP contribution in [-0.2, 0) is 21.2 Å². The van der Waals surface area contributed by atoms with Crippen molar-refractivity contribution >= 4 is 15.9 Å². The van der Waals surface area contributed by atoms with Gasteiger partial charge in [0.15, 0.2) is 0 Å². The second-order valence-electron chi connectivity index (χ2n) is 8.22. The van der Waals surface area contributed by atoms with Gasteiger partial charge in [-0.2, -0.15) is 0 Å². The normalized spacial score (nSPS) is 13.8. The molecule has 1 aliphatic carbocycles. The predicted molar refractivity (Wildman–Crippen MR) is 126 cm³/mol. The van der Waals surface area contributed by atoms with Gasteiger partial charge in [0.05, 0.1) is 4.90 Å². The average molecular weight is 449 g/mol. The van der Waals surface area contributed by atoms with Gasteiger partial charge >= 0.3 is 0 Å². The molecule has 3 aromatic carbocycles. The Bertz CT molecular complexity index is 1090. The monoisotopic (exact) mass is 448 g/mol. The van der Waals surface area contributed by atoms with Crippen LogP contribution in [0.5, 0.6) is 0 Å². The highest BCUT2D eigenvalue weighted by molar-refractivity contribution is 7.89. The van der Waals surface area contributed by atoms with Crippen molar-refractivity contribution in [1.82, 2.24) is 10.0 Å². The standard InChI is InChI=1S/C26H28N2O3S/c29-26(18-13-20-11-16-24(17-12-20)32(30,31)28-23-14-15-23)27-19-25(21-7-3-1-4-8-21)22-9-5-2-6-10-22/h1-12,16-17,23,25,28H,13-15,18-19H2,(H,27,29). The zero-order valence-electron chi connectivity index (χ0n) is 17.9. The summed E-state index contributed by atoms with van der Waals surface area (Å²) in [5, 5.41) is 3.07. The third-order valence-corrected chi connectivity index (χ3v) is 7.22. The molecule has 32 heavy (non-hydrogen) atoms. The molecule has 5 nitrogen and oxygen atoms in total. The third kappa shape index (κ3) is 6.05. The van der Waals surface area contributed by atoms with Gasteiger partial charge in [0.2, 0.25) is 15.9 Å². The maximum Gasteiger partial charge on any atom is 0.240 e. The zero-order valence-corrected chi connectivity index (χ0v) is 18.7. The van der Waals surface area contributed by atoms with Crippen LogP contribution in [0.3, 0.4) is 0 Å². The molecule has 4 rings (SSSR count). The topological polar surface area (TPSA) is 75.3 Å². The minimum Gasteiger partial charge on any atom is -0.355 e. The smallest absolute Gasteiger partial charge is 0.240 e. The number of nitrogens with one attached hydrogen (secondary N) is 2. The van der Waals surface area contributed by atoms with E-state index in [-0.39, 0.29) is 22.8 Å². The van der Waals surface area contributed by atoms with E-state index in [9.17, 15) is 13.2 Å². The van der Waals surface area contributed by atoms with Gasteiger partial charge in [0.1, 0.15) is 0 Å². The summed E-state index contributed by atoms with van der Waals surface area (Å²) in [6.45, 7) is 0.525. The molecule has 0 aromatic heterocycles. The number of benzene rings is 3. The van der Waals surface area contributed by atoms with Crippen LogP contribution >= 0.6 is 0 Å². The summed E-state index contributed by atoms with van der Waals surface area (Å²) in [5.74, 6) is 0.0683. The molecule has 166 valence electrons. The molecule has 1 fully saturated rings. The van der Waals surface area contributed by atoms with Gasteiger partial charge in [0, 0.05) is 24.9 Å². The van der Waals surface area contributed by atoms with Crippen molar-refractivity contribution in [2.45, 2.75) is 42.5 Å². The van der Waals surface area contributed by atoms with Crippen LogP contribution in [0.1, 0.15) is 41.9 Å². The van der Waals surface area contributed by atoms with Crippen molar-refractivity contribution in [3.05, 3.63) is 102 Å². The molecule has 0 radical (unpaired) electrons. The van der Waals surface area contributed by atoms with Crippen molar-refractivity contribution in [1.29, 1.82) is 0 Å². The first-order valence-electron chi connectivity index (χ1n) is 11.0. The van der Waals surface area contributed by atoms with Crippen LogP contribution in [0.4, 0.5) is 0 Å². The van der Waals surface area contributed by atoms with Gasteiger partial charge < -0.3 is 5.32 Å². The molecule has 0 bridgehead atoms. The Morgan fingerprint density at radius 2 is 1.41 bits per heavy atom. The van der Waals surface area contributed by atoms with E-state index in [1.165, 1.54) is 0 Å². The maximum absolute atomic E-state index is 12.5. The van der Waals surface area contributed by atoms with E-state index in [1.54, 1.807) is 24.3 Å². The van der Waals surface area contributed by atoms with Crippen LogP contribution in [0.2, 0.25) is 0 Å². The fraction of sp³-hybridized carbons (Fsp3) is 0.269. The van der Waals surface area contributed by atoms with Gasteiger partial charge in [0.25, 0.3) is 0 Å². The predicted octanol–water partition coefficient (Wildman–Crippen LogP) is 4.01. The molecule has 2 N–H and O–H groups in total. The number of hydrogen-bond donors (Lipinski definition) is 2. The second kappa shape index (κ2) is 10.1. The van der Waals surface area contributed by atoms with Crippen LogP contribution in [0.15, 0.2) is 89.8 Å². The van der Waals surface area contributed by atoms with Crippen molar-refractivity contribution in [3.8, 4) is 0 Å². The Kier molecular flexibility index (Phi) is 7.02. The van der Waals surface area contributed by atoms with Crippen LogP contribution in [0.25, 0.3) is 0 Å². The number of sulfonamides is 1. The molecule has 0 unspecified atom stereocenters. The quantitative estimate of drug-likeness (QED) is 0.492. The molecular formula is C26H28N2O3S. The van der Waals surface area contributed by atoms with Crippen molar-refractivity contribution < 1.29 is 13.2 Å². The van der Waals surface area contributed by atoms with Gasteiger partial charge in [-0.15, -0.1) is 0 Å². The number of amides is 1. The number of carbonyl (C=O) groups excluding carboxylic acids is 1. The minimum atomic E-state index is -3.45. The Morgan fingerprint density at radius 3 is 1.94 bits per heavy atom. The van der Waals surface area contributed by atoms with Crippen LogP contribution in [0, 0.1) is 0 Å². The summed E-state index contributed by atoms with van der Waals surface area (Å²) in [4.78, 5) is 12.8. The Labute approximate surface area is 189 Å². The third-order valence-electron chi connectivity index (χ3n) is 5.68. The van der Waals surface area contributed by atoms with E-state index in [0.717, 1.165) is 29.5 Å². The lowest BCUT2D eigenvalue weighted by atomic mass is 9.91. The van der Waals surface area contributed by atoms with E-state index < -0.39 is 10.0 Å². The summed E-state index contributed by atoms with van der Waals surface area (Å²) in [6.07, 6.45) is 2.72. The second-order valence-corrected chi connectivity index (χ2v) is 9.93. The van der Waals surface area contributed by atoms with Crippen molar-refractivity contribution in [2.75, 3.05) is 6.54 Å². The fourth-order valence-corrected chi connectivity index (χ4v) is 4.99. The molecule has 0 heterocycles. The van der Waals surface area contributed by atoms with Crippen molar-refractivity contribution in [2.24, 2.45) is 0 Å². The van der Waals surface area contributed by atoms with E-state index >= 15 is 0 Å². The SMILES string of the molecule is O=C(CCc1ccc(S(=O)(=O)NC2CC2)cc1)NCC(c1ccccc1)c1ccccc1. The highest BCUT2D eigenvalue weighted by Gasteiger charge is 2.27. The minimum absolute atomic E-state index is 0.0195. The first-order chi connectivity index (χ1) is 15.5. The summed E-state index contributed by atoms with van der Waals surface area (Å²) in [6, 6.07) is 27.2. The first kappa shape index (κ1) is 22.2. The molecule has 1 saturated carbocycles. The summed E-state index contributed by atoms with van der Waals surface area (Å²) >= 11 is 0. The fourth-order valence-electron chi connectivity index (χ4n) is 3.68. The molecule has 3 aromatic rings. The van der Waals surface area contributed by atoms with E-state index in [0.29, 0.717) is 19.4 Å². The van der Waals surface area contributed by atoms with Gasteiger partial charge in [-0.05, 0) is 48.1 Å². The lowest BCUT2D eigenvalue weighted by molar-refractivity contribution is -0.121. The zero-order chi connectivity index (χ0) is 22.4. The molecule has 1 amide bonds. The highest BCUT2D eigenvalue weighted by Crippen LogP contribution is 2.24. The van der Waals surface area contributed by atoms with Gasteiger partial charge in [-0.3, -0.25) is 4.79 Å². The number of aryl methyl sites for hydroxylation is 1. The number of carbonyl (C=O) groups is 1. The Balaban J connectivity index is 1.32. The molecule has 0 aliphatic heterocycles. The molecular weight excluding hydrogens is 420 g/mol. The largest absolute Gasteiger partial charge is 0.355 e. The van der Waals surface area contributed by atoms with E-state index in [4.69, 9.17) is 0 Å². The van der Waals surface area contributed by atoms with Gasteiger partial charge in [-0.25, -0.2) is 13.1 Å². The maximum atomic E-state index is 12.5. The van der Waals surface area contributed by atoms with Crippen LogP contribution < -0.4 is 10.0 Å². The molecule has 1 aliphatic rings. The van der Waals surface area contributed by atoms with Gasteiger partial charge in [-0.1, -0.05) is 72.8 Å². The Hall–Kier alpha value is -2.96. The lowest BCUT2D eigenvalue weighted by Gasteiger charge is -2.19. The van der Waals surface area contributed by atoms with E-state index in [1.807, 2.05) is 36.4 Å². The van der Waals surface area contributed by atoms with E-state index in [2.05, 4.69) is 34.3 Å². The number of hydrogen-bond acceptors (Lipinski definition) is 3. The first-order valence-corrected chi connectivity index (χ1v) is 12.5. The molecule has 0 spiro atoms. The lowest BCUT2D eigenvalue weighted by Crippen LogP contribution is -2.29. The summed E-state index contributed by atoms with van der Waals surface area (Å²) in [5.41, 5.74) is 3.26. The molecule has 0 atom stereocenters. The number of rotatable bonds is 10. The van der Waals surface area contributed by atoms with Crippen molar-refractivity contribution in [3.63, 3.8) is 0 Å². The molecule has 6 heteroatoms. The highest BCUT2D eigenvalue weighted by atomic mass is 32.2. The molecule has 0 saturated heterocycles. The average Bonchev–Trinajstić information content (AvgIpc) is 3.63. The van der Waals surface area contributed by atoms with Crippen LogP contribution in [-0.4, -0.2) is 26.9 Å².